The monoisotopic (exact) mass is 208 g/mol. The molecule has 0 atom stereocenters. The maximum Gasteiger partial charge on any atom is -0.0305 e. The molecular formula is C15H28. The Morgan fingerprint density at radius 2 is 1.33 bits per heavy atom. The maximum atomic E-state index is 2.18. The van der Waals surface area contributed by atoms with Gasteiger partial charge < -0.3 is 0 Å². The molecule has 0 N–H and O–H groups in total. The zero-order valence-electron chi connectivity index (χ0n) is 11.4. The fourth-order valence-electron chi connectivity index (χ4n) is 1.01. The molecule has 0 heterocycles. The predicted octanol–water partition coefficient (Wildman–Crippen LogP) is 5.39. The lowest BCUT2D eigenvalue weighted by Gasteiger charge is -1.98. The Morgan fingerprint density at radius 1 is 0.867 bits per heavy atom. The van der Waals surface area contributed by atoms with Gasteiger partial charge in [-0.2, -0.15) is 0 Å². The molecule has 0 aliphatic rings. The number of hydrogen-bond acceptors (Lipinski definition) is 0. The van der Waals surface area contributed by atoms with Crippen molar-refractivity contribution < 1.29 is 0 Å². The molecule has 0 unspecified atom stereocenters. The van der Waals surface area contributed by atoms with Gasteiger partial charge in [-0.1, -0.05) is 71.7 Å². The van der Waals surface area contributed by atoms with Gasteiger partial charge in [0, 0.05) is 0 Å². The third-order valence-corrected chi connectivity index (χ3v) is 2.14. The normalized spacial score (nSPS) is 8.13. The lowest BCUT2D eigenvalue weighted by molar-refractivity contribution is 0.886. The summed E-state index contributed by atoms with van der Waals surface area (Å²) in [5.74, 6) is 0. The molecule has 1 aromatic carbocycles. The van der Waals surface area contributed by atoms with Gasteiger partial charge in [0.05, 0.1) is 0 Å². The van der Waals surface area contributed by atoms with Crippen molar-refractivity contribution in [3.05, 3.63) is 35.4 Å². The lowest BCUT2D eigenvalue weighted by Crippen LogP contribution is -1.82. The maximum absolute atomic E-state index is 2.18. The van der Waals surface area contributed by atoms with Crippen molar-refractivity contribution in [1.29, 1.82) is 0 Å². The van der Waals surface area contributed by atoms with Crippen molar-refractivity contribution in [1.82, 2.24) is 0 Å². The molecule has 0 fully saturated rings. The summed E-state index contributed by atoms with van der Waals surface area (Å²) < 4.78 is 0. The van der Waals surface area contributed by atoms with E-state index in [2.05, 4.69) is 52.0 Å². The van der Waals surface area contributed by atoms with Crippen LogP contribution in [0, 0.1) is 6.92 Å². The Bertz CT molecular complexity index is 211. The van der Waals surface area contributed by atoms with Gasteiger partial charge in [-0.15, -0.1) is 0 Å². The van der Waals surface area contributed by atoms with Crippen molar-refractivity contribution in [3.8, 4) is 0 Å². The Labute approximate surface area is 96.7 Å². The first-order valence-corrected chi connectivity index (χ1v) is 6.30. The minimum atomic E-state index is 1.15. The second kappa shape index (κ2) is 13.2. The lowest BCUT2D eigenvalue weighted by atomic mass is 10.1. The van der Waals surface area contributed by atoms with E-state index in [-0.39, 0.29) is 0 Å². The van der Waals surface area contributed by atoms with Crippen LogP contribution in [0.15, 0.2) is 24.3 Å². The third kappa shape index (κ3) is 9.52. The molecule has 0 aromatic heterocycles. The Balaban J connectivity index is 0. The van der Waals surface area contributed by atoms with E-state index in [0.29, 0.717) is 0 Å². The highest BCUT2D eigenvalue weighted by Gasteiger charge is 1.89. The highest BCUT2D eigenvalue weighted by Crippen LogP contribution is 2.06. The minimum absolute atomic E-state index is 1.15. The molecule has 0 aliphatic heterocycles. The standard InChI is InChI=1S/C9H12.C4H10.C2H6/c1-3-9-7-5-4-6-8(9)2;1-3-4-2;1-2/h4-7H,3H2,1-2H3;3-4H2,1-2H3;1-2H3. The van der Waals surface area contributed by atoms with Gasteiger partial charge in [0.25, 0.3) is 0 Å². The van der Waals surface area contributed by atoms with Crippen LogP contribution in [0.3, 0.4) is 0 Å². The Kier molecular flexibility index (Phi) is 14.7. The summed E-state index contributed by atoms with van der Waals surface area (Å²) in [5.41, 5.74) is 2.86. The van der Waals surface area contributed by atoms with Crippen LogP contribution >= 0.6 is 0 Å². The second-order valence-corrected chi connectivity index (χ2v) is 3.28. The van der Waals surface area contributed by atoms with Gasteiger partial charge in [-0.25, -0.2) is 0 Å². The molecule has 1 rings (SSSR count). The van der Waals surface area contributed by atoms with Crippen molar-refractivity contribution in [3.63, 3.8) is 0 Å². The first-order valence-electron chi connectivity index (χ1n) is 6.30. The van der Waals surface area contributed by atoms with Crippen LogP contribution in [0.2, 0.25) is 0 Å². The molecule has 0 saturated carbocycles. The quantitative estimate of drug-likeness (QED) is 0.611. The molecular weight excluding hydrogens is 180 g/mol. The summed E-state index contributed by atoms with van der Waals surface area (Å²) in [7, 11) is 0. The summed E-state index contributed by atoms with van der Waals surface area (Å²) >= 11 is 0. The van der Waals surface area contributed by atoms with E-state index in [1.165, 1.54) is 24.0 Å². The van der Waals surface area contributed by atoms with Crippen LogP contribution in [-0.2, 0) is 6.42 Å². The van der Waals surface area contributed by atoms with Crippen molar-refractivity contribution in [2.75, 3.05) is 0 Å². The zero-order chi connectivity index (χ0) is 12.1. The van der Waals surface area contributed by atoms with Crippen LogP contribution < -0.4 is 0 Å². The SMILES string of the molecule is CC.CCCC.CCc1ccccc1C. The number of hydrogen-bond donors (Lipinski definition) is 0. The largest absolute Gasteiger partial charge is 0.0683 e. The smallest absolute Gasteiger partial charge is 0.0305 e. The number of unbranched alkanes of at least 4 members (excludes halogenated alkanes) is 1. The summed E-state index contributed by atoms with van der Waals surface area (Å²) in [6, 6.07) is 8.49. The molecule has 0 amide bonds. The number of benzene rings is 1. The van der Waals surface area contributed by atoms with Crippen LogP contribution in [0.1, 0.15) is 58.6 Å². The van der Waals surface area contributed by atoms with E-state index < -0.39 is 0 Å². The van der Waals surface area contributed by atoms with E-state index in [0.717, 1.165) is 6.42 Å². The summed E-state index contributed by atoms with van der Waals surface area (Å²) in [5, 5.41) is 0. The molecule has 0 saturated heterocycles. The van der Waals surface area contributed by atoms with Gasteiger partial charge >= 0.3 is 0 Å². The van der Waals surface area contributed by atoms with Crippen LogP contribution in [-0.4, -0.2) is 0 Å². The molecule has 15 heavy (non-hydrogen) atoms. The minimum Gasteiger partial charge on any atom is -0.0683 e. The number of aryl methyl sites for hydroxylation is 2. The molecule has 0 aliphatic carbocycles. The Hall–Kier alpha value is -0.780. The average Bonchev–Trinajstić information content (AvgIpc) is 2.33. The molecule has 1 aromatic rings. The highest BCUT2D eigenvalue weighted by atomic mass is 13.9. The number of rotatable bonds is 2. The zero-order valence-corrected chi connectivity index (χ0v) is 11.4. The highest BCUT2D eigenvalue weighted by molar-refractivity contribution is 5.24. The van der Waals surface area contributed by atoms with Crippen LogP contribution in [0.4, 0.5) is 0 Å². The topological polar surface area (TPSA) is 0 Å². The average molecular weight is 208 g/mol. The van der Waals surface area contributed by atoms with Crippen LogP contribution in [0.25, 0.3) is 0 Å². The van der Waals surface area contributed by atoms with E-state index in [4.69, 9.17) is 0 Å². The first-order chi connectivity index (χ1) is 7.26. The van der Waals surface area contributed by atoms with E-state index in [1.807, 2.05) is 13.8 Å². The van der Waals surface area contributed by atoms with E-state index >= 15 is 0 Å². The van der Waals surface area contributed by atoms with Crippen molar-refractivity contribution in [2.24, 2.45) is 0 Å². The molecule has 0 spiro atoms. The van der Waals surface area contributed by atoms with E-state index in [9.17, 15) is 0 Å². The van der Waals surface area contributed by atoms with Gasteiger partial charge in [0.1, 0.15) is 0 Å². The van der Waals surface area contributed by atoms with Gasteiger partial charge in [-0.05, 0) is 24.5 Å². The molecule has 0 heteroatoms. The summed E-state index contributed by atoms with van der Waals surface area (Å²) in [6.07, 6.45) is 3.78. The summed E-state index contributed by atoms with van der Waals surface area (Å²) in [6.45, 7) is 12.7. The second-order valence-electron chi connectivity index (χ2n) is 3.28. The van der Waals surface area contributed by atoms with Gasteiger partial charge in [0.15, 0.2) is 0 Å². The molecule has 0 nitrogen and oxygen atoms in total. The first kappa shape index (κ1) is 16.6. The molecule has 88 valence electrons. The third-order valence-electron chi connectivity index (χ3n) is 2.14. The predicted molar refractivity (Wildman–Crippen MR) is 72.5 cm³/mol. The summed E-state index contributed by atoms with van der Waals surface area (Å²) in [4.78, 5) is 0. The van der Waals surface area contributed by atoms with E-state index in [1.54, 1.807) is 0 Å². The fourth-order valence-corrected chi connectivity index (χ4v) is 1.01. The van der Waals surface area contributed by atoms with Gasteiger partial charge in [0.2, 0.25) is 0 Å². The fraction of sp³-hybridized carbons (Fsp3) is 0.600. The Morgan fingerprint density at radius 3 is 1.60 bits per heavy atom. The van der Waals surface area contributed by atoms with Crippen LogP contribution in [0.5, 0.6) is 0 Å². The van der Waals surface area contributed by atoms with Gasteiger partial charge in [-0.3, -0.25) is 0 Å². The molecule has 0 radical (unpaired) electrons. The van der Waals surface area contributed by atoms with Crippen molar-refractivity contribution >= 4 is 0 Å². The van der Waals surface area contributed by atoms with Crippen molar-refractivity contribution in [2.45, 2.75) is 60.8 Å². The molecule has 0 bridgehead atoms.